The van der Waals surface area contributed by atoms with Gasteiger partial charge >= 0.3 is 0 Å². The molecule has 3 rings (SSSR count). The van der Waals surface area contributed by atoms with Gasteiger partial charge in [-0.15, -0.1) is 0 Å². The zero-order chi connectivity index (χ0) is 15.4. The molecule has 0 aliphatic carbocycles. The maximum absolute atomic E-state index is 12.7. The third-order valence-corrected chi connectivity index (χ3v) is 5.54. The van der Waals surface area contributed by atoms with Gasteiger partial charge in [0.15, 0.2) is 0 Å². The number of amides is 1. The van der Waals surface area contributed by atoms with Gasteiger partial charge in [-0.2, -0.15) is 11.8 Å². The molecule has 2 saturated heterocycles. The highest BCUT2D eigenvalue weighted by atomic mass is 32.2. The first kappa shape index (κ1) is 15.7. The molecular weight excluding hydrogens is 296 g/mol. The molecule has 2 fully saturated rings. The first-order chi connectivity index (χ1) is 10.8. The van der Waals surface area contributed by atoms with Crippen LogP contribution in [0, 0.1) is 0 Å². The average Bonchev–Trinajstić information content (AvgIpc) is 2.81. The molecule has 1 amide bonds. The number of nitrogens with zero attached hydrogens (tertiary/aromatic N) is 2. The minimum Gasteiger partial charge on any atom is -0.497 e. The highest BCUT2D eigenvalue weighted by molar-refractivity contribution is 7.99. The summed E-state index contributed by atoms with van der Waals surface area (Å²) < 4.78 is 5.19. The molecule has 0 aromatic heterocycles. The summed E-state index contributed by atoms with van der Waals surface area (Å²) in [5, 5.41) is 0. The minimum atomic E-state index is 0.0881. The second-order valence-corrected chi connectivity index (χ2v) is 7.14. The quantitative estimate of drug-likeness (QED) is 0.852. The molecule has 120 valence electrons. The van der Waals surface area contributed by atoms with Gasteiger partial charge in [-0.1, -0.05) is 12.1 Å². The van der Waals surface area contributed by atoms with Crippen molar-refractivity contribution in [2.75, 3.05) is 38.2 Å². The van der Waals surface area contributed by atoms with Gasteiger partial charge in [0.05, 0.1) is 13.2 Å². The molecule has 0 saturated carbocycles. The predicted molar refractivity (Wildman–Crippen MR) is 90.3 cm³/mol. The molecule has 1 atom stereocenters. The Bertz CT molecular complexity index is 498. The van der Waals surface area contributed by atoms with Crippen LogP contribution in [0.4, 0.5) is 0 Å². The van der Waals surface area contributed by atoms with Gasteiger partial charge in [-0.25, -0.2) is 0 Å². The summed E-state index contributed by atoms with van der Waals surface area (Å²) in [6.45, 7) is 3.71. The number of hydrogen-bond acceptors (Lipinski definition) is 4. The first-order valence-electron chi connectivity index (χ1n) is 8.01. The Morgan fingerprint density at radius 2 is 2.05 bits per heavy atom. The number of carbonyl (C=O) groups is 1. The molecular formula is C17H24N2O2S. The lowest BCUT2D eigenvalue weighted by Crippen LogP contribution is -2.56. The van der Waals surface area contributed by atoms with E-state index in [1.54, 1.807) is 7.11 Å². The van der Waals surface area contributed by atoms with Gasteiger partial charge in [-0.3, -0.25) is 9.69 Å². The van der Waals surface area contributed by atoms with E-state index in [0.717, 1.165) is 50.5 Å². The average molecular weight is 320 g/mol. The van der Waals surface area contributed by atoms with Crippen LogP contribution in [0.5, 0.6) is 5.75 Å². The van der Waals surface area contributed by atoms with Crippen LogP contribution in [0.1, 0.15) is 18.4 Å². The third-order valence-electron chi connectivity index (χ3n) is 4.49. The van der Waals surface area contributed by atoms with Crippen molar-refractivity contribution < 1.29 is 9.53 Å². The number of methoxy groups -OCH3 is 1. The molecule has 5 heteroatoms. The van der Waals surface area contributed by atoms with Crippen LogP contribution in [0.2, 0.25) is 0 Å². The van der Waals surface area contributed by atoms with Crippen molar-refractivity contribution in [1.29, 1.82) is 0 Å². The first-order valence-corrected chi connectivity index (χ1v) is 9.17. The van der Waals surface area contributed by atoms with Crippen molar-refractivity contribution >= 4 is 17.7 Å². The lowest BCUT2D eigenvalue weighted by molar-refractivity contribution is -0.141. The fraction of sp³-hybridized carbons (Fsp3) is 0.588. The van der Waals surface area contributed by atoms with Crippen LogP contribution in [-0.2, 0) is 11.3 Å². The lowest BCUT2D eigenvalue weighted by atomic mass is 10.00. The van der Waals surface area contributed by atoms with Gasteiger partial charge in [-0.05, 0) is 36.3 Å². The van der Waals surface area contributed by atoms with Crippen molar-refractivity contribution in [2.24, 2.45) is 0 Å². The normalized spacial score (nSPS) is 22.8. The highest BCUT2D eigenvalue weighted by Gasteiger charge is 2.36. The van der Waals surface area contributed by atoms with Gasteiger partial charge in [0.25, 0.3) is 0 Å². The van der Waals surface area contributed by atoms with Crippen molar-refractivity contribution in [3.63, 3.8) is 0 Å². The highest BCUT2D eigenvalue weighted by Crippen LogP contribution is 2.24. The van der Waals surface area contributed by atoms with Gasteiger partial charge in [0.2, 0.25) is 5.91 Å². The van der Waals surface area contributed by atoms with E-state index in [1.807, 2.05) is 23.9 Å². The number of ether oxygens (including phenoxy) is 1. The second kappa shape index (κ2) is 7.38. The molecule has 0 N–H and O–H groups in total. The Labute approximate surface area is 136 Å². The molecule has 1 aromatic carbocycles. The van der Waals surface area contributed by atoms with Gasteiger partial charge in [0.1, 0.15) is 5.75 Å². The topological polar surface area (TPSA) is 32.8 Å². The van der Waals surface area contributed by atoms with Gasteiger partial charge < -0.3 is 9.64 Å². The monoisotopic (exact) mass is 320 g/mol. The maximum Gasteiger partial charge on any atom is 0.240 e. The summed E-state index contributed by atoms with van der Waals surface area (Å²) in [7, 11) is 1.68. The summed E-state index contributed by atoms with van der Waals surface area (Å²) in [5.41, 5.74) is 1.24. The molecule has 0 radical (unpaired) electrons. The molecule has 2 aliphatic rings. The minimum absolute atomic E-state index is 0.0881. The zero-order valence-corrected chi connectivity index (χ0v) is 14.0. The van der Waals surface area contributed by atoms with Crippen molar-refractivity contribution in [1.82, 2.24) is 9.80 Å². The summed E-state index contributed by atoms with van der Waals surface area (Å²) in [6.07, 6.45) is 2.13. The largest absolute Gasteiger partial charge is 0.497 e. The number of likely N-dealkylation sites (tertiary alicyclic amines) is 1. The van der Waals surface area contributed by atoms with Gasteiger partial charge in [0, 0.05) is 31.9 Å². The third kappa shape index (κ3) is 3.58. The second-order valence-electron chi connectivity index (χ2n) is 5.91. The molecule has 22 heavy (non-hydrogen) atoms. The Balaban J connectivity index is 1.57. The Morgan fingerprint density at radius 3 is 2.73 bits per heavy atom. The standard InChI is InChI=1S/C17H24N2O2S/c1-21-15-5-3-14(4-6-15)13-19-9-7-16(19)17(20)18-8-2-11-22-12-10-18/h3-6,16H,2,7-13H2,1H3/t16-/m1/s1. The maximum atomic E-state index is 12.7. The van der Waals surface area contributed by atoms with E-state index in [0.29, 0.717) is 5.91 Å². The molecule has 2 heterocycles. The Kier molecular flexibility index (Phi) is 5.26. The van der Waals surface area contributed by atoms with E-state index in [9.17, 15) is 4.79 Å². The summed E-state index contributed by atoms with van der Waals surface area (Å²) in [6, 6.07) is 8.23. The van der Waals surface area contributed by atoms with E-state index in [2.05, 4.69) is 21.9 Å². The van der Waals surface area contributed by atoms with Crippen LogP contribution < -0.4 is 4.74 Å². The van der Waals surface area contributed by atoms with E-state index in [4.69, 9.17) is 4.74 Å². The lowest BCUT2D eigenvalue weighted by Gasteiger charge is -2.42. The smallest absolute Gasteiger partial charge is 0.240 e. The molecule has 2 aliphatic heterocycles. The van der Waals surface area contributed by atoms with Crippen molar-refractivity contribution in [3.8, 4) is 5.75 Å². The summed E-state index contributed by atoms with van der Waals surface area (Å²) in [5.74, 6) is 3.48. The SMILES string of the molecule is COc1ccc(CN2CC[C@@H]2C(=O)N2CCCSCC2)cc1. The van der Waals surface area contributed by atoms with Crippen LogP contribution in [-0.4, -0.2) is 60.0 Å². The Morgan fingerprint density at radius 1 is 1.23 bits per heavy atom. The Hall–Kier alpha value is -1.20. The molecule has 4 nitrogen and oxygen atoms in total. The van der Waals surface area contributed by atoms with Crippen LogP contribution in [0.3, 0.4) is 0 Å². The number of rotatable bonds is 4. The summed E-state index contributed by atoms with van der Waals surface area (Å²) in [4.78, 5) is 17.1. The van der Waals surface area contributed by atoms with E-state index in [-0.39, 0.29) is 6.04 Å². The van der Waals surface area contributed by atoms with Crippen molar-refractivity contribution in [2.45, 2.75) is 25.4 Å². The molecule has 0 spiro atoms. The van der Waals surface area contributed by atoms with Crippen LogP contribution >= 0.6 is 11.8 Å². The fourth-order valence-corrected chi connectivity index (χ4v) is 3.94. The molecule has 0 bridgehead atoms. The van der Waals surface area contributed by atoms with E-state index in [1.165, 1.54) is 11.3 Å². The predicted octanol–water partition coefficient (Wildman–Crippen LogP) is 2.24. The zero-order valence-electron chi connectivity index (χ0n) is 13.2. The van der Waals surface area contributed by atoms with Crippen LogP contribution in [0.15, 0.2) is 24.3 Å². The number of carbonyl (C=O) groups excluding carboxylic acids is 1. The summed E-state index contributed by atoms with van der Waals surface area (Å²) >= 11 is 1.96. The fourth-order valence-electron chi connectivity index (χ4n) is 3.05. The van der Waals surface area contributed by atoms with E-state index >= 15 is 0 Å². The van der Waals surface area contributed by atoms with Crippen molar-refractivity contribution in [3.05, 3.63) is 29.8 Å². The number of benzene rings is 1. The number of thioether (sulfide) groups is 1. The molecule has 1 aromatic rings. The van der Waals surface area contributed by atoms with Crippen LogP contribution in [0.25, 0.3) is 0 Å². The van der Waals surface area contributed by atoms with E-state index < -0.39 is 0 Å². The number of hydrogen-bond donors (Lipinski definition) is 0. The molecule has 0 unspecified atom stereocenters.